The highest BCUT2D eigenvalue weighted by Crippen LogP contribution is 2.35. The number of sulfone groups is 2. The van der Waals surface area contributed by atoms with Crippen molar-refractivity contribution in [3.63, 3.8) is 0 Å². The quantitative estimate of drug-likeness (QED) is 0.133. The first-order valence-electron chi connectivity index (χ1n) is 15.8. The van der Waals surface area contributed by atoms with Gasteiger partial charge in [-0.25, -0.2) is 16.8 Å². The molecule has 0 heterocycles. The number of hydrogen-bond acceptors (Lipinski definition) is 7. The Kier molecular flexibility index (Phi) is 9.56. The summed E-state index contributed by atoms with van der Waals surface area (Å²) in [4.78, 5) is 0.592. The Hall–Kier alpha value is -5.38. The van der Waals surface area contributed by atoms with Crippen LogP contribution < -0.4 is 14.2 Å². The fourth-order valence-electron chi connectivity index (χ4n) is 5.44. The van der Waals surface area contributed by atoms with Gasteiger partial charge in [0.25, 0.3) is 0 Å². The van der Waals surface area contributed by atoms with Crippen molar-refractivity contribution in [2.75, 3.05) is 7.11 Å². The minimum absolute atomic E-state index is 0.105. The van der Waals surface area contributed by atoms with E-state index in [0.717, 1.165) is 22.4 Å². The van der Waals surface area contributed by atoms with Crippen molar-refractivity contribution in [3.8, 4) is 28.7 Å². The molecule has 0 unspecified atom stereocenters. The van der Waals surface area contributed by atoms with E-state index >= 15 is 0 Å². The number of ether oxygens (including phenoxy) is 3. The van der Waals surface area contributed by atoms with Gasteiger partial charge in [-0.05, 0) is 127 Å². The molecule has 0 N–H and O–H groups in total. The minimum Gasteiger partial charge on any atom is -0.497 e. The summed E-state index contributed by atoms with van der Waals surface area (Å²) < 4.78 is 69.8. The van der Waals surface area contributed by atoms with Crippen LogP contribution in [0.4, 0.5) is 0 Å². The summed E-state index contributed by atoms with van der Waals surface area (Å²) in [6, 6.07) is 41.0. The van der Waals surface area contributed by atoms with Crippen LogP contribution in [0.25, 0.3) is 0 Å². The predicted octanol–water partition coefficient (Wildman–Crippen LogP) is 9.58. The third-order valence-electron chi connectivity index (χ3n) is 8.59. The minimum atomic E-state index is -3.81. The van der Waals surface area contributed by atoms with Crippen molar-refractivity contribution in [3.05, 3.63) is 162 Å². The molecule has 0 spiro atoms. The van der Waals surface area contributed by atoms with Gasteiger partial charge >= 0.3 is 0 Å². The lowest BCUT2D eigenvalue weighted by atomic mass is 9.78. The van der Waals surface area contributed by atoms with Crippen LogP contribution in [-0.4, -0.2) is 23.9 Å². The van der Waals surface area contributed by atoms with Crippen LogP contribution in [0, 0.1) is 6.92 Å². The average molecular weight is 705 g/mol. The summed E-state index contributed by atoms with van der Waals surface area (Å²) in [6.07, 6.45) is 0. The van der Waals surface area contributed by atoms with Gasteiger partial charge in [0.15, 0.2) is 0 Å². The second kappa shape index (κ2) is 13.9. The Balaban J connectivity index is 1.08. The third kappa shape index (κ3) is 7.29. The molecule has 0 aliphatic rings. The Labute approximate surface area is 293 Å². The fraction of sp³-hybridized carbons (Fsp3) is 0.122. The van der Waals surface area contributed by atoms with Gasteiger partial charge in [-0.2, -0.15) is 0 Å². The van der Waals surface area contributed by atoms with Crippen LogP contribution in [0.5, 0.6) is 28.7 Å². The van der Waals surface area contributed by atoms with Gasteiger partial charge in [-0.3, -0.25) is 0 Å². The van der Waals surface area contributed by atoms with Gasteiger partial charge in [0.1, 0.15) is 28.7 Å². The molecule has 0 radical (unpaired) electrons. The number of rotatable bonds is 11. The third-order valence-corrected chi connectivity index (χ3v) is 12.2. The monoisotopic (exact) mass is 704 g/mol. The predicted molar refractivity (Wildman–Crippen MR) is 193 cm³/mol. The zero-order valence-electron chi connectivity index (χ0n) is 28.0. The van der Waals surface area contributed by atoms with E-state index < -0.39 is 19.7 Å². The van der Waals surface area contributed by atoms with Gasteiger partial charge in [0.2, 0.25) is 19.7 Å². The molecule has 9 heteroatoms. The van der Waals surface area contributed by atoms with Crippen molar-refractivity contribution in [1.82, 2.24) is 0 Å². The molecular weight excluding hydrogens is 669 g/mol. The summed E-state index contributed by atoms with van der Waals surface area (Å²) >= 11 is 0. The van der Waals surface area contributed by atoms with Crippen LogP contribution in [-0.2, 0) is 25.1 Å². The maximum Gasteiger partial charge on any atom is 0.206 e. The first kappa shape index (κ1) is 34.5. The van der Waals surface area contributed by atoms with E-state index in [2.05, 4.69) is 26.0 Å². The Morgan fingerprint density at radius 1 is 0.400 bits per heavy atom. The SMILES string of the molecule is COc1ccc(C(C)(C)c2ccc(Oc3ccc(S(=O)(=O)c4ccc(Oc5ccc(S(=O)(=O)c6ccc(C)cc6)cc5)cc4)cc3)cc2)cc1. The lowest BCUT2D eigenvalue weighted by Gasteiger charge is -2.26. The highest BCUT2D eigenvalue weighted by atomic mass is 32.2. The number of benzene rings is 6. The molecule has 0 bridgehead atoms. The van der Waals surface area contributed by atoms with E-state index in [1.807, 2.05) is 43.3 Å². The topological polar surface area (TPSA) is 96.0 Å². The summed E-state index contributed by atoms with van der Waals surface area (Å²) in [5.41, 5.74) is 3.02. The van der Waals surface area contributed by atoms with Crippen LogP contribution in [0.3, 0.4) is 0 Å². The van der Waals surface area contributed by atoms with Crippen LogP contribution in [0.15, 0.2) is 165 Å². The molecule has 0 saturated heterocycles. The van der Waals surface area contributed by atoms with Crippen molar-refractivity contribution in [1.29, 1.82) is 0 Å². The molecule has 0 aliphatic heterocycles. The molecule has 0 aliphatic carbocycles. The average Bonchev–Trinajstić information content (AvgIpc) is 3.13. The highest BCUT2D eigenvalue weighted by Gasteiger charge is 2.23. The van der Waals surface area contributed by atoms with Crippen LogP contribution in [0.2, 0.25) is 0 Å². The van der Waals surface area contributed by atoms with E-state index in [4.69, 9.17) is 14.2 Å². The zero-order valence-corrected chi connectivity index (χ0v) is 29.7. The molecule has 0 saturated carbocycles. The van der Waals surface area contributed by atoms with Gasteiger partial charge < -0.3 is 14.2 Å². The van der Waals surface area contributed by atoms with Gasteiger partial charge in [-0.1, -0.05) is 55.8 Å². The first-order valence-corrected chi connectivity index (χ1v) is 18.8. The summed E-state index contributed by atoms with van der Waals surface area (Å²) in [5.74, 6) is 2.77. The molecule has 0 fully saturated rings. The molecule has 0 aromatic heterocycles. The van der Waals surface area contributed by atoms with E-state index in [9.17, 15) is 16.8 Å². The summed E-state index contributed by atoms with van der Waals surface area (Å²) in [6.45, 7) is 6.21. The van der Waals surface area contributed by atoms with Gasteiger partial charge in [0, 0.05) is 5.41 Å². The standard InChI is InChI=1S/C41H36O7S2/c1-29-5-21-37(22-6-29)49(42,43)38-23-17-35(18-24-38)48-36-19-27-40(28-20-36)50(44,45)39-25-15-34(16-26-39)47-33-13-9-31(10-14-33)41(2,3)30-7-11-32(46-4)12-8-30/h5-28H,1-4H3. The maximum atomic E-state index is 13.4. The van der Waals surface area contributed by atoms with E-state index in [1.54, 1.807) is 67.8 Å². The zero-order chi connectivity index (χ0) is 35.5. The van der Waals surface area contributed by atoms with Crippen molar-refractivity contribution >= 4 is 19.7 Å². The van der Waals surface area contributed by atoms with E-state index in [0.29, 0.717) is 23.0 Å². The molecule has 7 nitrogen and oxygen atoms in total. The molecule has 6 rings (SSSR count). The molecule has 6 aromatic carbocycles. The molecule has 0 amide bonds. The van der Waals surface area contributed by atoms with Crippen molar-refractivity contribution in [2.45, 2.75) is 45.8 Å². The van der Waals surface area contributed by atoms with Gasteiger partial charge in [-0.15, -0.1) is 0 Å². The van der Waals surface area contributed by atoms with Crippen molar-refractivity contribution < 1.29 is 31.0 Å². The molecule has 6 aromatic rings. The second-order valence-corrected chi connectivity index (χ2v) is 16.2. The first-order chi connectivity index (χ1) is 23.9. The molecular formula is C41H36O7S2. The number of aryl methyl sites for hydroxylation is 1. The number of hydrogen-bond donors (Lipinski definition) is 0. The smallest absolute Gasteiger partial charge is 0.206 e. The van der Waals surface area contributed by atoms with E-state index in [-0.39, 0.29) is 25.0 Å². The maximum absolute atomic E-state index is 13.4. The Bertz CT molecular complexity index is 2300. The molecule has 254 valence electrons. The number of methoxy groups -OCH3 is 1. The normalized spacial score (nSPS) is 11.9. The largest absolute Gasteiger partial charge is 0.497 e. The summed E-state index contributed by atoms with van der Waals surface area (Å²) in [7, 11) is -5.82. The van der Waals surface area contributed by atoms with Gasteiger partial charge in [0.05, 0.1) is 26.7 Å². The second-order valence-electron chi connectivity index (χ2n) is 12.3. The van der Waals surface area contributed by atoms with Crippen molar-refractivity contribution in [2.24, 2.45) is 0 Å². The van der Waals surface area contributed by atoms with E-state index in [1.165, 1.54) is 36.4 Å². The summed E-state index contributed by atoms with van der Waals surface area (Å²) in [5, 5.41) is 0. The Morgan fingerprint density at radius 2 is 0.660 bits per heavy atom. The lowest BCUT2D eigenvalue weighted by Crippen LogP contribution is -2.18. The lowest BCUT2D eigenvalue weighted by molar-refractivity contribution is 0.414. The molecule has 50 heavy (non-hydrogen) atoms. The Morgan fingerprint density at radius 3 is 0.960 bits per heavy atom. The fourth-order valence-corrected chi connectivity index (χ4v) is 7.96. The van der Waals surface area contributed by atoms with Crippen LogP contribution >= 0.6 is 0 Å². The van der Waals surface area contributed by atoms with Crippen LogP contribution in [0.1, 0.15) is 30.5 Å². The highest BCUT2D eigenvalue weighted by molar-refractivity contribution is 7.91. The molecule has 0 atom stereocenters.